The highest BCUT2D eigenvalue weighted by atomic mass is 16.6. The lowest BCUT2D eigenvalue weighted by molar-refractivity contribution is -0.385. The third-order valence-corrected chi connectivity index (χ3v) is 3.55. The van der Waals surface area contributed by atoms with Crippen molar-refractivity contribution in [2.45, 2.75) is 40.0 Å². The van der Waals surface area contributed by atoms with E-state index in [-0.39, 0.29) is 10.6 Å². The van der Waals surface area contributed by atoms with E-state index in [1.807, 2.05) is 0 Å². The van der Waals surface area contributed by atoms with E-state index in [4.69, 9.17) is 0 Å². The van der Waals surface area contributed by atoms with Crippen molar-refractivity contribution in [1.82, 2.24) is 4.98 Å². The first-order chi connectivity index (χ1) is 10.1. The van der Waals surface area contributed by atoms with Crippen LogP contribution in [0.15, 0.2) is 18.2 Å². The molecule has 0 amide bonds. The predicted molar refractivity (Wildman–Crippen MR) is 85.9 cm³/mol. The normalized spacial score (nSPS) is 10.8. The van der Waals surface area contributed by atoms with Gasteiger partial charge in [0.25, 0.3) is 5.69 Å². The van der Waals surface area contributed by atoms with Crippen molar-refractivity contribution in [2.75, 3.05) is 11.9 Å². The fraction of sp³-hybridized carbons (Fsp3) is 0.438. The summed E-state index contributed by atoms with van der Waals surface area (Å²) < 4.78 is 0. The molecule has 0 aliphatic rings. The Kier molecular flexibility index (Phi) is 4.73. The molecule has 0 saturated carbocycles. The van der Waals surface area contributed by atoms with E-state index in [2.05, 4.69) is 30.2 Å². The van der Waals surface area contributed by atoms with Gasteiger partial charge in [0.05, 0.1) is 16.0 Å². The number of nitro groups is 1. The topological polar surface area (TPSA) is 68.1 Å². The maximum Gasteiger partial charge on any atom is 0.274 e. The van der Waals surface area contributed by atoms with Gasteiger partial charge in [-0.1, -0.05) is 20.3 Å². The summed E-state index contributed by atoms with van der Waals surface area (Å²) in [6, 6.07) is 5.45. The number of anilines is 1. The van der Waals surface area contributed by atoms with Gasteiger partial charge in [-0.25, -0.2) is 4.98 Å². The minimum atomic E-state index is -0.352. The highest BCUT2D eigenvalue weighted by molar-refractivity contribution is 5.87. The molecule has 2 rings (SSSR count). The number of pyridine rings is 1. The summed E-state index contributed by atoms with van der Waals surface area (Å²) in [4.78, 5) is 15.4. The lowest BCUT2D eigenvalue weighted by Gasteiger charge is -2.13. The molecular formula is C16H21N3O2. The first-order valence-electron chi connectivity index (χ1n) is 7.40. The zero-order chi connectivity index (χ0) is 15.4. The van der Waals surface area contributed by atoms with E-state index in [1.54, 1.807) is 19.1 Å². The summed E-state index contributed by atoms with van der Waals surface area (Å²) in [5.74, 6) is 0.856. The number of hydrogen-bond donors (Lipinski definition) is 1. The fourth-order valence-electron chi connectivity index (χ4n) is 2.47. The van der Waals surface area contributed by atoms with Crippen molar-refractivity contribution >= 4 is 22.4 Å². The van der Waals surface area contributed by atoms with E-state index in [0.29, 0.717) is 11.1 Å². The van der Waals surface area contributed by atoms with Gasteiger partial charge in [-0.05, 0) is 37.5 Å². The molecule has 0 radical (unpaired) electrons. The summed E-state index contributed by atoms with van der Waals surface area (Å²) in [5.41, 5.74) is 2.63. The van der Waals surface area contributed by atoms with Crippen LogP contribution in [0.1, 0.15) is 37.8 Å². The number of fused-ring (bicyclic) bond motifs is 1. The van der Waals surface area contributed by atoms with Gasteiger partial charge in [-0.2, -0.15) is 0 Å². The molecule has 21 heavy (non-hydrogen) atoms. The zero-order valence-electron chi connectivity index (χ0n) is 12.8. The molecule has 5 nitrogen and oxygen atoms in total. The first-order valence-corrected chi connectivity index (χ1v) is 7.40. The van der Waals surface area contributed by atoms with Crippen LogP contribution in [-0.4, -0.2) is 16.5 Å². The third-order valence-electron chi connectivity index (χ3n) is 3.55. The Morgan fingerprint density at radius 2 is 2.05 bits per heavy atom. The summed E-state index contributed by atoms with van der Waals surface area (Å²) in [6.07, 6.45) is 3.00. The van der Waals surface area contributed by atoms with Crippen LogP contribution in [0, 0.1) is 17.0 Å². The average molecular weight is 287 g/mol. The monoisotopic (exact) mass is 287 g/mol. The molecule has 112 valence electrons. The van der Waals surface area contributed by atoms with Crippen LogP contribution in [0.3, 0.4) is 0 Å². The SMILES string of the molecule is CCCNc1nc2c(C)c([N+](=O)[O-])ccc2cc1CCC. The summed E-state index contributed by atoms with van der Waals surface area (Å²) >= 11 is 0. The Morgan fingerprint density at radius 3 is 2.67 bits per heavy atom. The van der Waals surface area contributed by atoms with E-state index >= 15 is 0 Å². The quantitative estimate of drug-likeness (QED) is 0.637. The van der Waals surface area contributed by atoms with Gasteiger partial charge < -0.3 is 5.32 Å². The van der Waals surface area contributed by atoms with E-state index in [9.17, 15) is 10.1 Å². The molecule has 1 heterocycles. The molecule has 0 unspecified atom stereocenters. The highest BCUT2D eigenvalue weighted by Gasteiger charge is 2.16. The second-order valence-corrected chi connectivity index (χ2v) is 5.21. The summed E-state index contributed by atoms with van der Waals surface area (Å²) in [5, 5.41) is 15.4. The molecule has 1 N–H and O–H groups in total. The summed E-state index contributed by atoms with van der Waals surface area (Å²) in [6.45, 7) is 6.85. The molecule has 0 bridgehead atoms. The summed E-state index contributed by atoms with van der Waals surface area (Å²) in [7, 11) is 0. The molecule has 0 aliphatic carbocycles. The van der Waals surface area contributed by atoms with Crippen LogP contribution in [0.5, 0.6) is 0 Å². The van der Waals surface area contributed by atoms with Crippen LogP contribution >= 0.6 is 0 Å². The van der Waals surface area contributed by atoms with E-state index in [1.165, 1.54) is 5.56 Å². The molecule has 1 aromatic heterocycles. The van der Waals surface area contributed by atoms with Gasteiger partial charge in [-0.3, -0.25) is 10.1 Å². The molecule has 2 aromatic rings. The predicted octanol–water partition coefficient (Wildman–Crippen LogP) is 4.23. The maximum absolute atomic E-state index is 11.1. The fourth-order valence-corrected chi connectivity index (χ4v) is 2.47. The Labute approximate surface area is 124 Å². The van der Waals surface area contributed by atoms with Crippen molar-refractivity contribution in [3.8, 4) is 0 Å². The molecule has 0 atom stereocenters. The number of aryl methyl sites for hydroxylation is 2. The van der Waals surface area contributed by atoms with Gasteiger partial charge >= 0.3 is 0 Å². The van der Waals surface area contributed by atoms with Crippen molar-refractivity contribution in [2.24, 2.45) is 0 Å². The van der Waals surface area contributed by atoms with Crippen LogP contribution in [0.2, 0.25) is 0 Å². The minimum absolute atomic E-state index is 0.125. The first kappa shape index (κ1) is 15.2. The second kappa shape index (κ2) is 6.52. The molecule has 1 aromatic carbocycles. The van der Waals surface area contributed by atoms with E-state index < -0.39 is 0 Å². The standard InChI is InChI=1S/C16H21N3O2/c1-4-6-13-10-12-7-8-14(19(20)21)11(3)15(12)18-16(13)17-9-5-2/h7-8,10H,4-6,9H2,1-3H3,(H,17,18). The zero-order valence-corrected chi connectivity index (χ0v) is 12.8. The number of rotatable bonds is 6. The highest BCUT2D eigenvalue weighted by Crippen LogP contribution is 2.29. The minimum Gasteiger partial charge on any atom is -0.370 e. The van der Waals surface area contributed by atoms with Crippen LogP contribution < -0.4 is 5.32 Å². The Morgan fingerprint density at radius 1 is 1.29 bits per heavy atom. The Bertz CT molecular complexity index is 668. The molecular weight excluding hydrogens is 266 g/mol. The van der Waals surface area contributed by atoms with Crippen LogP contribution in [0.25, 0.3) is 10.9 Å². The lowest BCUT2D eigenvalue weighted by Crippen LogP contribution is -2.06. The lowest BCUT2D eigenvalue weighted by atomic mass is 10.0. The second-order valence-electron chi connectivity index (χ2n) is 5.21. The largest absolute Gasteiger partial charge is 0.370 e. The average Bonchev–Trinajstić information content (AvgIpc) is 2.45. The van der Waals surface area contributed by atoms with Gasteiger partial charge in [0.15, 0.2) is 0 Å². The van der Waals surface area contributed by atoms with Crippen molar-refractivity contribution in [3.63, 3.8) is 0 Å². The van der Waals surface area contributed by atoms with Crippen molar-refractivity contribution < 1.29 is 4.92 Å². The Balaban J connectivity index is 2.60. The van der Waals surface area contributed by atoms with Gasteiger partial charge in [0.2, 0.25) is 0 Å². The van der Waals surface area contributed by atoms with Gasteiger partial charge in [0.1, 0.15) is 5.82 Å². The van der Waals surface area contributed by atoms with Crippen molar-refractivity contribution in [1.29, 1.82) is 0 Å². The van der Waals surface area contributed by atoms with Crippen LogP contribution in [0.4, 0.5) is 11.5 Å². The molecule has 0 saturated heterocycles. The molecule has 0 spiro atoms. The number of nitrogens with zero attached hydrogens (tertiary/aromatic N) is 2. The number of nitro benzene ring substituents is 1. The maximum atomic E-state index is 11.1. The number of hydrogen-bond acceptors (Lipinski definition) is 4. The number of aromatic nitrogens is 1. The molecule has 5 heteroatoms. The van der Waals surface area contributed by atoms with Gasteiger partial charge in [-0.15, -0.1) is 0 Å². The van der Waals surface area contributed by atoms with E-state index in [0.717, 1.165) is 37.0 Å². The number of benzene rings is 1. The smallest absolute Gasteiger partial charge is 0.274 e. The van der Waals surface area contributed by atoms with Gasteiger partial charge in [0, 0.05) is 18.0 Å². The number of nitrogens with one attached hydrogen (secondary N) is 1. The third kappa shape index (κ3) is 3.12. The van der Waals surface area contributed by atoms with Crippen molar-refractivity contribution in [3.05, 3.63) is 39.4 Å². The molecule has 0 fully saturated rings. The van der Waals surface area contributed by atoms with Crippen LogP contribution in [-0.2, 0) is 6.42 Å². The Hall–Kier alpha value is -2.17. The molecule has 0 aliphatic heterocycles.